The van der Waals surface area contributed by atoms with Crippen LogP contribution in [-0.2, 0) is 0 Å². The Morgan fingerprint density at radius 3 is 2.74 bits per heavy atom. The van der Waals surface area contributed by atoms with Gasteiger partial charge in [-0.2, -0.15) is 0 Å². The van der Waals surface area contributed by atoms with Crippen LogP contribution < -0.4 is 15.5 Å². The van der Waals surface area contributed by atoms with E-state index in [-0.39, 0.29) is 30.1 Å². The second-order valence-electron chi connectivity index (χ2n) is 8.17. The first-order chi connectivity index (χ1) is 16.4. The lowest BCUT2D eigenvalue weighted by molar-refractivity contribution is 0.0623. The Balaban J connectivity index is 1.18. The molecule has 0 aliphatic carbocycles. The number of carbonyl (C=O) groups is 1. The minimum atomic E-state index is -0.773. The summed E-state index contributed by atoms with van der Waals surface area (Å²) in [4.78, 5) is 17.1. The molecule has 3 aromatic rings. The molecule has 1 atom stereocenters. The Morgan fingerprint density at radius 2 is 1.97 bits per heavy atom. The third-order valence-corrected chi connectivity index (χ3v) is 6.14. The molecule has 7 nitrogen and oxygen atoms in total. The van der Waals surface area contributed by atoms with Crippen LogP contribution in [0.1, 0.15) is 23.3 Å². The molecule has 0 unspecified atom stereocenters. The molecule has 1 aliphatic rings. The van der Waals surface area contributed by atoms with Crippen molar-refractivity contribution in [3.8, 4) is 5.75 Å². The maximum absolute atomic E-state index is 13.4. The Hall–Kier alpha value is -2.49. The molecule has 1 aliphatic heterocycles. The summed E-state index contributed by atoms with van der Waals surface area (Å²) in [5.41, 5.74) is 4.28. The van der Waals surface area contributed by atoms with Crippen molar-refractivity contribution in [1.82, 2.24) is 20.7 Å². The minimum Gasteiger partial charge on any atom is -0.491 e. The van der Waals surface area contributed by atoms with Gasteiger partial charge in [-0.1, -0.05) is 29.3 Å². The van der Waals surface area contributed by atoms with E-state index in [1.165, 1.54) is 12.1 Å². The highest BCUT2D eigenvalue weighted by Crippen LogP contribution is 2.21. The fourth-order valence-corrected chi connectivity index (χ4v) is 4.01. The van der Waals surface area contributed by atoms with Gasteiger partial charge in [-0.3, -0.25) is 10.2 Å². The summed E-state index contributed by atoms with van der Waals surface area (Å²) in [5, 5.41) is 16.7. The van der Waals surface area contributed by atoms with E-state index in [4.69, 9.17) is 27.9 Å². The van der Waals surface area contributed by atoms with Gasteiger partial charge in [0.15, 0.2) is 0 Å². The van der Waals surface area contributed by atoms with Gasteiger partial charge in [-0.05, 0) is 49.2 Å². The number of amides is 1. The highest BCUT2D eigenvalue weighted by atomic mass is 35.5. The van der Waals surface area contributed by atoms with Crippen LogP contribution >= 0.6 is 23.2 Å². The molecule has 180 valence electrons. The van der Waals surface area contributed by atoms with Crippen LogP contribution in [0.25, 0.3) is 10.9 Å². The summed E-state index contributed by atoms with van der Waals surface area (Å²) >= 11 is 11.6. The van der Waals surface area contributed by atoms with E-state index in [2.05, 4.69) is 15.7 Å². The number of aliphatic hydroxyl groups is 1. The Morgan fingerprint density at radius 1 is 1.18 bits per heavy atom. The van der Waals surface area contributed by atoms with E-state index in [1.54, 1.807) is 24.3 Å². The largest absolute Gasteiger partial charge is 0.491 e. The normalized spacial score (nSPS) is 15.9. The zero-order valence-corrected chi connectivity index (χ0v) is 19.8. The predicted octanol–water partition coefficient (Wildman–Crippen LogP) is 3.82. The molecule has 10 heteroatoms. The summed E-state index contributed by atoms with van der Waals surface area (Å²) in [6.07, 6.45) is 0.752. The van der Waals surface area contributed by atoms with Crippen molar-refractivity contribution < 1.29 is 19.0 Å². The number of hydrazine groups is 1. The zero-order chi connectivity index (χ0) is 24.1. The van der Waals surface area contributed by atoms with Crippen LogP contribution in [0.15, 0.2) is 48.5 Å². The molecule has 4 rings (SSSR count). The number of fused-ring (bicyclic) bond motifs is 1. The van der Waals surface area contributed by atoms with Gasteiger partial charge >= 0.3 is 0 Å². The first kappa shape index (κ1) is 24.6. The van der Waals surface area contributed by atoms with Gasteiger partial charge < -0.3 is 15.2 Å². The third-order valence-electron chi connectivity index (χ3n) is 5.60. The van der Waals surface area contributed by atoms with E-state index in [9.17, 15) is 14.3 Å². The Labute approximate surface area is 206 Å². The standard InChI is InChI=1S/C24H25Cl2FN4O3/c25-16-2-6-22-15(11-16)1-5-23(30-22)24(33)29-17-7-9-31(10-8-17)28-13-18(32)14-34-19-3-4-20(26)21(27)12-19/h1-6,11-12,17-18,28,32H,7-10,13-14H2,(H,29,33)/t18-/m0/s1. The molecule has 3 N–H and O–H groups in total. The molecule has 1 aromatic heterocycles. The van der Waals surface area contributed by atoms with Crippen LogP contribution in [0.3, 0.4) is 0 Å². The molecule has 1 saturated heterocycles. The summed E-state index contributed by atoms with van der Waals surface area (Å²) in [6.45, 7) is 1.73. The van der Waals surface area contributed by atoms with Gasteiger partial charge in [0.25, 0.3) is 5.91 Å². The monoisotopic (exact) mass is 506 g/mol. The molecule has 2 heterocycles. The Bertz CT molecular complexity index is 1160. The molecule has 1 fully saturated rings. The maximum Gasteiger partial charge on any atom is 0.270 e. The topological polar surface area (TPSA) is 86.7 Å². The fourth-order valence-electron chi connectivity index (χ4n) is 3.72. The number of rotatable bonds is 8. The number of nitrogens with zero attached hydrogens (tertiary/aromatic N) is 2. The van der Waals surface area contributed by atoms with Crippen molar-refractivity contribution in [3.63, 3.8) is 0 Å². The summed E-state index contributed by atoms with van der Waals surface area (Å²) in [7, 11) is 0. The fraction of sp³-hybridized carbons (Fsp3) is 0.333. The molecule has 34 heavy (non-hydrogen) atoms. The lowest BCUT2D eigenvalue weighted by Gasteiger charge is -2.33. The lowest BCUT2D eigenvalue weighted by Crippen LogP contribution is -2.51. The van der Waals surface area contributed by atoms with Crippen molar-refractivity contribution in [2.45, 2.75) is 25.0 Å². The van der Waals surface area contributed by atoms with Crippen molar-refractivity contribution >= 4 is 40.0 Å². The zero-order valence-electron chi connectivity index (χ0n) is 18.3. The van der Waals surface area contributed by atoms with Crippen molar-refractivity contribution in [2.75, 3.05) is 26.2 Å². The number of aliphatic hydroxyl groups excluding tert-OH is 1. The van der Waals surface area contributed by atoms with Gasteiger partial charge in [0, 0.05) is 42.2 Å². The quantitative estimate of drug-likeness (QED) is 0.430. The number of pyridine rings is 1. The average Bonchev–Trinajstić information content (AvgIpc) is 2.84. The van der Waals surface area contributed by atoms with Gasteiger partial charge in [0.1, 0.15) is 30.0 Å². The molecular weight excluding hydrogens is 482 g/mol. The number of hydrogen-bond donors (Lipinski definition) is 3. The first-order valence-corrected chi connectivity index (χ1v) is 11.7. The van der Waals surface area contributed by atoms with Crippen LogP contribution in [0, 0.1) is 5.82 Å². The van der Waals surface area contributed by atoms with E-state index >= 15 is 0 Å². The molecule has 0 radical (unpaired) electrons. The van der Waals surface area contributed by atoms with E-state index in [1.807, 2.05) is 17.1 Å². The summed E-state index contributed by atoms with van der Waals surface area (Å²) in [6, 6.07) is 13.1. The third kappa shape index (κ3) is 6.55. The second-order valence-corrected chi connectivity index (χ2v) is 9.01. The Kier molecular flexibility index (Phi) is 8.18. The molecule has 2 aromatic carbocycles. The maximum atomic E-state index is 13.4. The smallest absolute Gasteiger partial charge is 0.270 e. The van der Waals surface area contributed by atoms with Crippen LogP contribution in [-0.4, -0.2) is 59.4 Å². The molecular formula is C24H25Cl2FN4O3. The highest BCUT2D eigenvalue weighted by molar-refractivity contribution is 6.31. The van der Waals surface area contributed by atoms with Gasteiger partial charge in [0.2, 0.25) is 0 Å². The van der Waals surface area contributed by atoms with Crippen LogP contribution in [0.4, 0.5) is 4.39 Å². The van der Waals surface area contributed by atoms with E-state index in [0.29, 0.717) is 29.6 Å². The SMILES string of the molecule is O=C(NC1CCN(NC[C@H](O)COc2ccc(Cl)c(F)c2)CC1)c1ccc2cc(Cl)ccc2n1. The number of aromatic nitrogens is 1. The van der Waals surface area contributed by atoms with Crippen molar-refractivity contribution in [1.29, 1.82) is 0 Å². The number of ether oxygens (including phenoxy) is 1. The first-order valence-electron chi connectivity index (χ1n) is 11.0. The number of piperidine rings is 1. The minimum absolute atomic E-state index is 0.0194. The second kappa shape index (κ2) is 11.3. The average molecular weight is 507 g/mol. The highest BCUT2D eigenvalue weighted by Gasteiger charge is 2.22. The molecule has 1 amide bonds. The summed E-state index contributed by atoms with van der Waals surface area (Å²) in [5.74, 6) is -0.459. The van der Waals surface area contributed by atoms with Crippen LogP contribution in [0.2, 0.25) is 10.0 Å². The van der Waals surface area contributed by atoms with Gasteiger partial charge in [-0.15, -0.1) is 0 Å². The predicted molar refractivity (Wildman–Crippen MR) is 130 cm³/mol. The molecule has 0 bridgehead atoms. The molecule has 0 saturated carbocycles. The number of nitrogens with one attached hydrogen (secondary N) is 2. The van der Waals surface area contributed by atoms with E-state index in [0.717, 1.165) is 23.7 Å². The number of hydrogen-bond acceptors (Lipinski definition) is 6. The van der Waals surface area contributed by atoms with E-state index < -0.39 is 11.9 Å². The molecule has 0 spiro atoms. The number of benzene rings is 2. The summed E-state index contributed by atoms with van der Waals surface area (Å²) < 4.78 is 18.9. The van der Waals surface area contributed by atoms with Crippen molar-refractivity contribution in [3.05, 3.63) is 70.1 Å². The number of halogens is 3. The number of carbonyl (C=O) groups excluding carboxylic acids is 1. The van der Waals surface area contributed by atoms with Gasteiger partial charge in [-0.25, -0.2) is 14.4 Å². The lowest BCUT2D eigenvalue weighted by atomic mass is 10.1. The van der Waals surface area contributed by atoms with Gasteiger partial charge in [0.05, 0.1) is 10.5 Å². The van der Waals surface area contributed by atoms with Crippen molar-refractivity contribution in [2.24, 2.45) is 0 Å². The van der Waals surface area contributed by atoms with Crippen LogP contribution in [0.5, 0.6) is 5.75 Å².